The number of hydrogen-bond acceptors (Lipinski definition) is 0. The highest BCUT2D eigenvalue weighted by molar-refractivity contribution is 6.12. The van der Waals surface area contributed by atoms with Gasteiger partial charge in [-0.05, 0) is 79.1 Å². The lowest BCUT2D eigenvalue weighted by atomic mass is 9.97. The molecule has 6 aromatic carbocycles. The number of rotatable bonds is 3. The quantitative estimate of drug-likeness (QED) is 0.108. The Kier molecular flexibility index (Phi) is 5.91. The van der Waals surface area contributed by atoms with Crippen LogP contribution in [0.1, 0.15) is 11.1 Å². The number of fused-ring (bicyclic) bond motifs is 6. The topological polar surface area (TPSA) is 9.86 Å². The summed E-state index contributed by atoms with van der Waals surface area (Å²) in [7, 11) is 0. The number of benzene rings is 6. The summed E-state index contributed by atoms with van der Waals surface area (Å²) in [6.45, 7) is 3.54. The molecule has 8 aromatic rings. The van der Waals surface area contributed by atoms with Crippen LogP contribution in [0.3, 0.4) is 0 Å². The Morgan fingerprint density at radius 3 is 1.38 bits per heavy atom. The van der Waals surface area contributed by atoms with Crippen LogP contribution < -0.4 is 0 Å². The number of aromatic nitrogens is 2. The molecule has 0 bridgehead atoms. The summed E-state index contributed by atoms with van der Waals surface area (Å²) < 4.78 is 75.8. The molecule has 45 heavy (non-hydrogen) atoms. The summed E-state index contributed by atoms with van der Waals surface area (Å²) in [5.41, 5.74) is 5.98. The predicted molar refractivity (Wildman–Crippen MR) is 170 cm³/mol. The summed E-state index contributed by atoms with van der Waals surface area (Å²) in [5.74, 6) is -9.82. The van der Waals surface area contributed by atoms with Gasteiger partial charge in [0.1, 0.15) is 0 Å². The molecule has 0 aliphatic rings. The van der Waals surface area contributed by atoms with Gasteiger partial charge in [0.05, 0.1) is 33.3 Å². The van der Waals surface area contributed by atoms with E-state index in [1.807, 2.05) is 42.5 Å². The van der Waals surface area contributed by atoms with Crippen LogP contribution in [0.25, 0.3) is 66.1 Å². The summed E-state index contributed by atoms with van der Waals surface area (Å²) in [6, 6.07) is 33.8. The number of aryl methyl sites for hydroxylation is 2. The molecule has 0 aliphatic heterocycles. The van der Waals surface area contributed by atoms with Gasteiger partial charge in [-0.25, -0.2) is 22.0 Å². The van der Waals surface area contributed by atoms with Gasteiger partial charge in [-0.1, -0.05) is 54.6 Å². The maximum Gasteiger partial charge on any atom is 0.200 e. The van der Waals surface area contributed by atoms with Crippen molar-refractivity contribution in [3.8, 4) is 22.5 Å². The fourth-order valence-electron chi connectivity index (χ4n) is 6.85. The van der Waals surface area contributed by atoms with E-state index in [1.165, 1.54) is 12.1 Å². The first kappa shape index (κ1) is 27.1. The molecule has 0 aliphatic carbocycles. The first-order valence-electron chi connectivity index (χ1n) is 14.4. The van der Waals surface area contributed by atoms with Crippen LogP contribution in [-0.4, -0.2) is 9.13 Å². The molecule has 0 radical (unpaired) electrons. The van der Waals surface area contributed by atoms with Gasteiger partial charge < -0.3 is 9.13 Å². The van der Waals surface area contributed by atoms with Crippen LogP contribution >= 0.6 is 0 Å². The summed E-state index contributed by atoms with van der Waals surface area (Å²) in [5, 5.41) is 4.34. The van der Waals surface area contributed by atoms with Crippen LogP contribution in [0.2, 0.25) is 0 Å². The summed E-state index contributed by atoms with van der Waals surface area (Å²) in [6.07, 6.45) is 0. The second-order valence-corrected chi connectivity index (χ2v) is 11.3. The molecule has 2 aromatic heterocycles. The molecule has 8 rings (SSSR count). The maximum absolute atomic E-state index is 14.8. The van der Waals surface area contributed by atoms with E-state index in [2.05, 4.69) is 57.7 Å². The van der Waals surface area contributed by atoms with Crippen molar-refractivity contribution in [1.82, 2.24) is 9.13 Å². The smallest absolute Gasteiger partial charge is 0.200 e. The zero-order valence-corrected chi connectivity index (χ0v) is 24.1. The minimum Gasteiger partial charge on any atom is -0.309 e. The molecule has 2 heterocycles. The highest BCUT2D eigenvalue weighted by Gasteiger charge is 2.27. The highest BCUT2D eigenvalue weighted by atomic mass is 19.2. The fourth-order valence-corrected chi connectivity index (χ4v) is 6.85. The summed E-state index contributed by atoms with van der Waals surface area (Å²) >= 11 is 0. The number of nitrogens with zero attached hydrogens (tertiary/aromatic N) is 2. The molecule has 0 saturated carbocycles. The van der Waals surface area contributed by atoms with Gasteiger partial charge in [-0.15, -0.1) is 0 Å². The molecule has 0 N–H and O–H groups in total. The van der Waals surface area contributed by atoms with E-state index < -0.39 is 34.6 Å². The van der Waals surface area contributed by atoms with Crippen LogP contribution in [0.15, 0.2) is 103 Å². The van der Waals surface area contributed by atoms with E-state index in [4.69, 9.17) is 0 Å². The maximum atomic E-state index is 14.8. The third-order valence-corrected chi connectivity index (χ3v) is 8.71. The third kappa shape index (κ3) is 3.80. The largest absolute Gasteiger partial charge is 0.309 e. The predicted octanol–water partition coefficient (Wildman–Crippen LogP) is 10.9. The van der Waals surface area contributed by atoms with E-state index in [9.17, 15) is 22.0 Å². The number of halogens is 5. The zero-order chi connectivity index (χ0) is 31.1. The molecule has 0 atom stereocenters. The Bertz CT molecular complexity index is 2420. The molecular weight excluding hydrogens is 579 g/mol. The minimum absolute atomic E-state index is 0.0871. The zero-order valence-electron chi connectivity index (χ0n) is 24.1. The second-order valence-electron chi connectivity index (χ2n) is 11.3. The Morgan fingerprint density at radius 1 is 0.422 bits per heavy atom. The van der Waals surface area contributed by atoms with Crippen LogP contribution in [0.5, 0.6) is 0 Å². The number of para-hydroxylation sites is 3. The van der Waals surface area contributed by atoms with E-state index >= 15 is 0 Å². The van der Waals surface area contributed by atoms with Crippen LogP contribution in [0, 0.1) is 42.9 Å². The molecule has 220 valence electrons. The Balaban J connectivity index is 1.37. The Hall–Kier alpha value is -5.43. The van der Waals surface area contributed by atoms with Gasteiger partial charge in [0.15, 0.2) is 23.3 Å². The first-order valence-corrected chi connectivity index (χ1v) is 14.4. The average molecular weight is 603 g/mol. The molecular formula is C38H23F5N2. The molecule has 0 saturated heterocycles. The van der Waals surface area contributed by atoms with Gasteiger partial charge in [0.25, 0.3) is 0 Å². The molecule has 0 spiro atoms. The van der Waals surface area contributed by atoms with Crippen molar-refractivity contribution in [2.24, 2.45) is 0 Å². The van der Waals surface area contributed by atoms with Crippen molar-refractivity contribution in [2.45, 2.75) is 13.8 Å². The van der Waals surface area contributed by atoms with Gasteiger partial charge >= 0.3 is 0 Å². The van der Waals surface area contributed by atoms with Crippen molar-refractivity contribution in [3.05, 3.63) is 143 Å². The molecule has 7 heteroatoms. The average Bonchev–Trinajstić information content (AvgIpc) is 3.55. The van der Waals surface area contributed by atoms with Crippen LogP contribution in [0.4, 0.5) is 22.0 Å². The normalized spacial score (nSPS) is 11.9. The third-order valence-electron chi connectivity index (χ3n) is 8.71. The Labute approximate surface area is 254 Å². The second kappa shape index (κ2) is 9.79. The van der Waals surface area contributed by atoms with Gasteiger partial charge in [0, 0.05) is 27.2 Å². The van der Waals surface area contributed by atoms with Crippen molar-refractivity contribution < 1.29 is 22.0 Å². The van der Waals surface area contributed by atoms with E-state index in [-0.39, 0.29) is 5.56 Å². The first-order chi connectivity index (χ1) is 21.8. The highest BCUT2D eigenvalue weighted by Crippen LogP contribution is 2.40. The van der Waals surface area contributed by atoms with Crippen molar-refractivity contribution in [3.63, 3.8) is 0 Å². The molecule has 0 unspecified atom stereocenters. The monoisotopic (exact) mass is 602 g/mol. The van der Waals surface area contributed by atoms with E-state index in [0.29, 0.717) is 11.1 Å². The fraction of sp³-hybridized carbons (Fsp3) is 0.0526. The lowest BCUT2D eigenvalue weighted by Gasteiger charge is -2.17. The molecule has 2 nitrogen and oxygen atoms in total. The standard InChI is InChI=1S/C38H23F5N2/c1-20-17-22(32-33(39)35(41)37(43)36(42)34(32)40)18-21(2)38(20)45-30-14-8-5-11-26(30)27-19-23(15-16-31(27)45)44-28-12-6-3-9-24(28)25-10-4-7-13-29(25)44/h3-19H,1-2H3. The van der Waals surface area contributed by atoms with Gasteiger partial charge in [-0.3, -0.25) is 0 Å². The lowest BCUT2D eigenvalue weighted by Crippen LogP contribution is -2.06. The van der Waals surface area contributed by atoms with Crippen molar-refractivity contribution >= 4 is 43.6 Å². The molecule has 0 amide bonds. The Morgan fingerprint density at radius 2 is 0.844 bits per heavy atom. The lowest BCUT2D eigenvalue weighted by molar-refractivity contribution is 0.381. The number of hydrogen-bond donors (Lipinski definition) is 0. The van der Waals surface area contributed by atoms with Gasteiger partial charge in [-0.2, -0.15) is 0 Å². The summed E-state index contributed by atoms with van der Waals surface area (Å²) in [4.78, 5) is 0. The van der Waals surface area contributed by atoms with Crippen LogP contribution in [-0.2, 0) is 0 Å². The van der Waals surface area contributed by atoms with Crippen molar-refractivity contribution in [2.75, 3.05) is 0 Å². The van der Waals surface area contributed by atoms with Gasteiger partial charge in [0.2, 0.25) is 5.82 Å². The van der Waals surface area contributed by atoms with Crippen molar-refractivity contribution in [1.29, 1.82) is 0 Å². The van der Waals surface area contributed by atoms with E-state index in [0.717, 1.165) is 55.0 Å². The SMILES string of the molecule is Cc1cc(-c2c(F)c(F)c(F)c(F)c2F)cc(C)c1-n1c2ccccc2c2cc(-n3c4ccccc4c4ccccc43)ccc21. The minimum atomic E-state index is -2.18. The van der Waals surface area contributed by atoms with E-state index in [1.54, 1.807) is 13.8 Å². The molecule has 0 fully saturated rings.